The molecule has 28 heavy (non-hydrogen) atoms. The van der Waals surface area contributed by atoms with Gasteiger partial charge >= 0.3 is 0 Å². The first kappa shape index (κ1) is 19.3. The molecule has 4 rings (SSSR count). The maximum atomic E-state index is 6.05. The van der Waals surface area contributed by atoms with E-state index in [2.05, 4.69) is 62.5 Å². The average molecular weight is 383 g/mol. The van der Waals surface area contributed by atoms with Gasteiger partial charge in [0.25, 0.3) is 0 Å². The molecule has 0 radical (unpaired) electrons. The molecule has 150 valence electrons. The van der Waals surface area contributed by atoms with Crippen LogP contribution in [-0.4, -0.2) is 25.5 Å². The van der Waals surface area contributed by atoms with Gasteiger partial charge in [0, 0.05) is 24.0 Å². The first-order chi connectivity index (χ1) is 13.5. The van der Waals surface area contributed by atoms with E-state index in [1.807, 2.05) is 6.07 Å². The van der Waals surface area contributed by atoms with Gasteiger partial charge in [-0.15, -0.1) is 0 Å². The maximum Gasteiger partial charge on any atom is 0.231 e. The zero-order valence-corrected chi connectivity index (χ0v) is 17.3. The van der Waals surface area contributed by atoms with Crippen molar-refractivity contribution < 1.29 is 19.5 Å². The molecule has 0 spiro atoms. The maximum absolute atomic E-state index is 6.05. The molecule has 0 saturated carbocycles. The van der Waals surface area contributed by atoms with E-state index in [9.17, 15) is 0 Å². The number of quaternary nitrogens is 1. The Balaban J connectivity index is 1.42. The second kappa shape index (κ2) is 7.76. The minimum absolute atomic E-state index is 0.0690. The molecule has 0 bridgehead atoms. The van der Waals surface area contributed by atoms with Crippen molar-refractivity contribution in [3.05, 3.63) is 59.2 Å². The SMILES string of the molecule is Cc1ccc([C@]2(CC[NH2+]Cc3ccc4c(c3)OCO4)CCOC(C)(C)C2)cc1. The third-order valence-corrected chi connectivity index (χ3v) is 6.15. The zero-order chi connectivity index (χ0) is 19.6. The Hall–Kier alpha value is -2.04. The summed E-state index contributed by atoms with van der Waals surface area (Å²) in [5, 5.41) is 2.41. The third kappa shape index (κ3) is 4.18. The van der Waals surface area contributed by atoms with E-state index in [4.69, 9.17) is 14.2 Å². The van der Waals surface area contributed by atoms with E-state index in [1.54, 1.807) is 0 Å². The van der Waals surface area contributed by atoms with Gasteiger partial charge in [-0.25, -0.2) is 0 Å². The highest BCUT2D eigenvalue weighted by molar-refractivity contribution is 5.44. The van der Waals surface area contributed by atoms with Crippen molar-refractivity contribution in [2.45, 2.75) is 57.6 Å². The first-order valence-electron chi connectivity index (χ1n) is 10.4. The van der Waals surface area contributed by atoms with Gasteiger partial charge < -0.3 is 19.5 Å². The van der Waals surface area contributed by atoms with Crippen molar-refractivity contribution in [3.8, 4) is 11.5 Å². The van der Waals surface area contributed by atoms with Crippen LogP contribution >= 0.6 is 0 Å². The van der Waals surface area contributed by atoms with Crippen LogP contribution in [0.25, 0.3) is 0 Å². The fourth-order valence-electron chi connectivity index (χ4n) is 4.70. The van der Waals surface area contributed by atoms with Crippen LogP contribution in [0.1, 0.15) is 49.8 Å². The Morgan fingerprint density at radius 1 is 1.00 bits per heavy atom. The summed E-state index contributed by atoms with van der Waals surface area (Å²) in [5.41, 5.74) is 4.19. The lowest BCUT2D eigenvalue weighted by molar-refractivity contribution is -0.672. The fourth-order valence-corrected chi connectivity index (χ4v) is 4.70. The molecule has 2 aromatic rings. The molecule has 1 saturated heterocycles. The molecular weight excluding hydrogens is 350 g/mol. The van der Waals surface area contributed by atoms with E-state index in [0.29, 0.717) is 6.79 Å². The summed E-state index contributed by atoms with van der Waals surface area (Å²) in [4.78, 5) is 0. The fraction of sp³-hybridized carbons (Fsp3) is 0.500. The van der Waals surface area contributed by atoms with Crippen molar-refractivity contribution in [3.63, 3.8) is 0 Å². The number of hydrogen-bond acceptors (Lipinski definition) is 3. The summed E-state index contributed by atoms with van der Waals surface area (Å²) >= 11 is 0. The van der Waals surface area contributed by atoms with Crippen LogP contribution in [0.15, 0.2) is 42.5 Å². The summed E-state index contributed by atoms with van der Waals surface area (Å²) in [5.74, 6) is 1.72. The van der Waals surface area contributed by atoms with Crippen molar-refractivity contribution >= 4 is 0 Å². The number of ether oxygens (including phenoxy) is 3. The highest BCUT2D eigenvalue weighted by Crippen LogP contribution is 2.43. The van der Waals surface area contributed by atoms with E-state index in [1.165, 1.54) is 16.7 Å². The standard InChI is InChI=1S/C24H31NO3/c1-18-4-7-20(8-5-18)24(11-13-28-23(2,3)16-24)10-12-25-15-19-6-9-21-22(14-19)27-17-26-21/h4-9,14,25H,10-13,15-17H2,1-3H3/p+1/t24-/m1/s1. The Kier molecular flexibility index (Phi) is 5.35. The van der Waals surface area contributed by atoms with Gasteiger partial charge in [-0.2, -0.15) is 0 Å². The minimum Gasteiger partial charge on any atom is -0.454 e. The van der Waals surface area contributed by atoms with Crippen LogP contribution in [0.4, 0.5) is 0 Å². The summed E-state index contributed by atoms with van der Waals surface area (Å²) in [6.07, 6.45) is 3.33. The van der Waals surface area contributed by atoms with Crippen LogP contribution in [-0.2, 0) is 16.7 Å². The molecule has 1 fully saturated rings. The smallest absolute Gasteiger partial charge is 0.231 e. The molecule has 2 aliphatic heterocycles. The summed E-state index contributed by atoms with van der Waals surface area (Å²) in [6, 6.07) is 15.4. The second-order valence-corrected chi connectivity index (χ2v) is 8.90. The molecule has 4 heteroatoms. The molecule has 2 N–H and O–H groups in total. The minimum atomic E-state index is -0.0690. The molecule has 0 amide bonds. The Bertz CT molecular complexity index is 815. The van der Waals surface area contributed by atoms with Gasteiger partial charge in [-0.1, -0.05) is 29.8 Å². The third-order valence-electron chi connectivity index (χ3n) is 6.15. The molecule has 2 aromatic carbocycles. The lowest BCUT2D eigenvalue weighted by Crippen LogP contribution is -2.83. The van der Waals surface area contributed by atoms with Crippen LogP contribution in [0.5, 0.6) is 11.5 Å². The quantitative estimate of drug-likeness (QED) is 0.775. The van der Waals surface area contributed by atoms with Gasteiger partial charge in [-0.3, -0.25) is 0 Å². The number of nitrogens with two attached hydrogens (primary N) is 1. The zero-order valence-electron chi connectivity index (χ0n) is 17.3. The summed E-state index contributed by atoms with van der Waals surface area (Å²) < 4.78 is 16.9. The predicted molar refractivity (Wildman–Crippen MR) is 110 cm³/mol. The van der Waals surface area contributed by atoms with Crippen LogP contribution in [0.3, 0.4) is 0 Å². The molecule has 0 unspecified atom stereocenters. The first-order valence-corrected chi connectivity index (χ1v) is 10.4. The Morgan fingerprint density at radius 3 is 2.57 bits per heavy atom. The second-order valence-electron chi connectivity index (χ2n) is 8.90. The van der Waals surface area contributed by atoms with Crippen LogP contribution in [0, 0.1) is 6.92 Å². The molecule has 1 atom stereocenters. The van der Waals surface area contributed by atoms with E-state index >= 15 is 0 Å². The number of fused-ring (bicyclic) bond motifs is 1. The number of rotatable bonds is 6. The molecule has 0 aliphatic carbocycles. The molecule has 2 heterocycles. The van der Waals surface area contributed by atoms with E-state index < -0.39 is 0 Å². The Labute approximate surface area is 168 Å². The van der Waals surface area contributed by atoms with Gasteiger partial charge in [-0.05, 0) is 57.4 Å². The normalized spacial score (nSPS) is 23.0. The monoisotopic (exact) mass is 382 g/mol. The van der Waals surface area contributed by atoms with Gasteiger partial charge in [0.2, 0.25) is 6.79 Å². The van der Waals surface area contributed by atoms with Gasteiger partial charge in [0.05, 0.1) is 12.1 Å². The number of aryl methyl sites for hydroxylation is 1. The predicted octanol–water partition coefficient (Wildman–Crippen LogP) is 3.70. The Morgan fingerprint density at radius 2 is 1.79 bits per heavy atom. The summed E-state index contributed by atoms with van der Waals surface area (Å²) in [7, 11) is 0. The molecule has 4 nitrogen and oxygen atoms in total. The average Bonchev–Trinajstić information content (AvgIpc) is 3.13. The summed E-state index contributed by atoms with van der Waals surface area (Å²) in [6.45, 7) is 9.84. The highest BCUT2D eigenvalue weighted by atomic mass is 16.7. The van der Waals surface area contributed by atoms with Gasteiger partial charge in [0.1, 0.15) is 6.54 Å². The lowest BCUT2D eigenvalue weighted by atomic mass is 9.67. The number of hydrogen-bond donors (Lipinski definition) is 1. The van der Waals surface area contributed by atoms with Crippen molar-refractivity contribution in [1.29, 1.82) is 0 Å². The molecular formula is C24H32NO3+. The number of benzene rings is 2. The van der Waals surface area contributed by atoms with E-state index in [0.717, 1.165) is 50.5 Å². The van der Waals surface area contributed by atoms with Crippen LogP contribution in [0.2, 0.25) is 0 Å². The lowest BCUT2D eigenvalue weighted by Gasteiger charge is -2.45. The molecule has 0 aromatic heterocycles. The highest BCUT2D eigenvalue weighted by Gasteiger charge is 2.42. The topological polar surface area (TPSA) is 44.3 Å². The largest absolute Gasteiger partial charge is 0.454 e. The van der Waals surface area contributed by atoms with Crippen molar-refractivity contribution in [1.82, 2.24) is 0 Å². The van der Waals surface area contributed by atoms with Crippen molar-refractivity contribution in [2.75, 3.05) is 19.9 Å². The van der Waals surface area contributed by atoms with Gasteiger partial charge in [0.15, 0.2) is 11.5 Å². The van der Waals surface area contributed by atoms with Crippen LogP contribution < -0.4 is 14.8 Å². The molecule has 2 aliphatic rings. The van der Waals surface area contributed by atoms with Crippen molar-refractivity contribution in [2.24, 2.45) is 0 Å². The van der Waals surface area contributed by atoms with E-state index in [-0.39, 0.29) is 11.0 Å².